The smallest absolute Gasteiger partial charge is 0.254 e. The van der Waals surface area contributed by atoms with Crippen molar-refractivity contribution in [2.75, 3.05) is 26.8 Å². The van der Waals surface area contributed by atoms with E-state index < -0.39 is 0 Å². The molecule has 1 aliphatic carbocycles. The second kappa shape index (κ2) is 10.1. The Morgan fingerprint density at radius 3 is 2.63 bits per heavy atom. The molecule has 2 amide bonds. The van der Waals surface area contributed by atoms with E-state index in [1.807, 2.05) is 42.2 Å². The topological polar surface area (TPSA) is 59.1 Å². The van der Waals surface area contributed by atoms with Crippen LogP contribution in [0.2, 0.25) is 0 Å². The molecule has 7 heteroatoms. The van der Waals surface area contributed by atoms with Crippen LogP contribution < -0.4 is 9.47 Å². The third kappa shape index (κ3) is 5.20. The Hall–Kier alpha value is -3.32. The summed E-state index contributed by atoms with van der Waals surface area (Å²) in [5.41, 5.74) is 2.87. The van der Waals surface area contributed by atoms with E-state index in [1.165, 1.54) is 10.4 Å². The van der Waals surface area contributed by atoms with Crippen LogP contribution in [0.1, 0.15) is 45.2 Å². The summed E-state index contributed by atoms with van der Waals surface area (Å²) < 4.78 is 11.4. The van der Waals surface area contributed by atoms with Crippen LogP contribution >= 0.6 is 11.3 Å². The first-order chi connectivity index (χ1) is 17.0. The highest BCUT2D eigenvalue weighted by molar-refractivity contribution is 7.10. The number of amides is 2. The Morgan fingerprint density at radius 1 is 1.09 bits per heavy atom. The molecule has 3 aromatic rings. The van der Waals surface area contributed by atoms with Gasteiger partial charge in [0.2, 0.25) is 5.91 Å². The molecule has 0 spiro atoms. The fourth-order valence-electron chi connectivity index (χ4n) is 4.60. The van der Waals surface area contributed by atoms with E-state index in [1.54, 1.807) is 41.5 Å². The number of carbonyl (C=O) groups is 2. The molecular weight excluding hydrogens is 460 g/mol. The van der Waals surface area contributed by atoms with Gasteiger partial charge in [-0.3, -0.25) is 9.59 Å². The SMILES string of the molecule is COc1cccc(C(=O)N(CC(=O)N2CCc3sccc3[C@H]2COc2ccc(C)cc2)C2CC2)c1. The fraction of sp³-hybridized carbons (Fsp3) is 0.357. The van der Waals surface area contributed by atoms with Crippen LogP contribution in [0.5, 0.6) is 11.5 Å². The number of ether oxygens (including phenoxy) is 2. The summed E-state index contributed by atoms with van der Waals surface area (Å²) in [6, 6.07) is 17.1. The second-order valence-corrected chi connectivity index (χ2v) is 10.2. The summed E-state index contributed by atoms with van der Waals surface area (Å²) in [6.45, 7) is 3.12. The first-order valence-corrected chi connectivity index (χ1v) is 12.9. The number of carbonyl (C=O) groups excluding carboxylic acids is 2. The number of nitrogens with zero attached hydrogens (tertiary/aromatic N) is 2. The second-order valence-electron chi connectivity index (χ2n) is 9.17. The molecule has 2 aliphatic rings. The van der Waals surface area contributed by atoms with Crippen LogP contribution in [-0.4, -0.2) is 54.5 Å². The number of hydrogen-bond acceptors (Lipinski definition) is 5. The fourth-order valence-corrected chi connectivity index (χ4v) is 5.52. The van der Waals surface area contributed by atoms with E-state index in [-0.39, 0.29) is 30.4 Å². The molecule has 0 unspecified atom stereocenters. The van der Waals surface area contributed by atoms with Crippen LogP contribution in [0, 0.1) is 6.92 Å². The number of benzene rings is 2. The Morgan fingerprint density at radius 2 is 1.89 bits per heavy atom. The summed E-state index contributed by atoms with van der Waals surface area (Å²) in [5, 5.41) is 2.08. The van der Waals surface area contributed by atoms with Gasteiger partial charge in [-0.2, -0.15) is 0 Å². The highest BCUT2D eigenvalue weighted by Gasteiger charge is 2.38. The number of hydrogen-bond donors (Lipinski definition) is 0. The van der Waals surface area contributed by atoms with Crippen LogP contribution in [0.4, 0.5) is 0 Å². The molecule has 35 heavy (non-hydrogen) atoms. The van der Waals surface area contributed by atoms with Crippen LogP contribution in [-0.2, 0) is 11.2 Å². The average molecular weight is 491 g/mol. The Balaban J connectivity index is 1.34. The van der Waals surface area contributed by atoms with E-state index in [0.717, 1.165) is 30.6 Å². The highest BCUT2D eigenvalue weighted by atomic mass is 32.1. The van der Waals surface area contributed by atoms with Crippen molar-refractivity contribution in [2.45, 2.75) is 38.3 Å². The lowest BCUT2D eigenvalue weighted by molar-refractivity contribution is -0.135. The maximum absolute atomic E-state index is 13.7. The van der Waals surface area contributed by atoms with Gasteiger partial charge in [0.05, 0.1) is 13.2 Å². The van der Waals surface area contributed by atoms with E-state index >= 15 is 0 Å². The lowest BCUT2D eigenvalue weighted by atomic mass is 10.0. The van der Waals surface area contributed by atoms with E-state index in [2.05, 4.69) is 11.4 Å². The minimum absolute atomic E-state index is 0.0393. The molecule has 1 aliphatic heterocycles. The lowest BCUT2D eigenvalue weighted by Gasteiger charge is -2.37. The zero-order valence-electron chi connectivity index (χ0n) is 20.1. The molecule has 5 rings (SSSR count). The normalized spacial score (nSPS) is 17.0. The Bertz CT molecular complexity index is 1200. The number of rotatable bonds is 8. The average Bonchev–Trinajstić information content (AvgIpc) is 3.61. The van der Waals surface area contributed by atoms with Gasteiger partial charge in [0, 0.05) is 23.0 Å². The van der Waals surface area contributed by atoms with Crippen LogP contribution in [0.25, 0.3) is 0 Å². The Labute approximate surface area is 210 Å². The molecule has 1 atom stereocenters. The maximum atomic E-state index is 13.7. The molecule has 0 radical (unpaired) electrons. The molecule has 182 valence electrons. The van der Waals surface area contributed by atoms with Crippen molar-refractivity contribution in [2.24, 2.45) is 0 Å². The summed E-state index contributed by atoms with van der Waals surface area (Å²) in [4.78, 5) is 32.0. The van der Waals surface area contributed by atoms with Gasteiger partial charge < -0.3 is 19.3 Å². The van der Waals surface area contributed by atoms with Gasteiger partial charge in [-0.1, -0.05) is 23.8 Å². The number of methoxy groups -OCH3 is 1. The van der Waals surface area contributed by atoms with Gasteiger partial charge in [-0.25, -0.2) is 0 Å². The molecule has 1 fully saturated rings. The standard InChI is InChI=1S/C28H30N2O4S/c1-19-6-10-22(11-7-19)34-18-25-24-13-15-35-26(24)12-14-29(25)27(31)17-30(21-8-9-21)28(32)20-4-3-5-23(16-20)33-2/h3-7,10-11,13,15-16,21,25H,8-9,12,14,17-18H2,1-2H3/t25-/m1/s1. The highest BCUT2D eigenvalue weighted by Crippen LogP contribution is 2.35. The number of aryl methyl sites for hydroxylation is 1. The summed E-state index contributed by atoms with van der Waals surface area (Å²) >= 11 is 1.73. The minimum atomic E-state index is -0.174. The van der Waals surface area contributed by atoms with Crippen molar-refractivity contribution in [3.63, 3.8) is 0 Å². The predicted octanol–water partition coefficient (Wildman–Crippen LogP) is 4.87. The molecular formula is C28H30N2O4S. The number of thiophene rings is 1. The van der Waals surface area contributed by atoms with Gasteiger partial charge in [0.15, 0.2) is 0 Å². The van der Waals surface area contributed by atoms with Crippen molar-refractivity contribution in [1.29, 1.82) is 0 Å². The zero-order valence-corrected chi connectivity index (χ0v) is 20.9. The summed E-state index contributed by atoms with van der Waals surface area (Å²) in [7, 11) is 1.58. The Kier molecular flexibility index (Phi) is 6.77. The summed E-state index contributed by atoms with van der Waals surface area (Å²) in [6.07, 6.45) is 2.68. The molecule has 0 N–H and O–H groups in total. The largest absolute Gasteiger partial charge is 0.497 e. The van der Waals surface area contributed by atoms with Gasteiger partial charge in [0.25, 0.3) is 5.91 Å². The van der Waals surface area contributed by atoms with Crippen LogP contribution in [0.3, 0.4) is 0 Å². The van der Waals surface area contributed by atoms with Gasteiger partial charge in [-0.05, 0) is 73.5 Å². The third-order valence-corrected chi connectivity index (χ3v) is 7.71. The van der Waals surface area contributed by atoms with Crippen LogP contribution in [0.15, 0.2) is 60.0 Å². The van der Waals surface area contributed by atoms with Gasteiger partial charge in [-0.15, -0.1) is 11.3 Å². The van der Waals surface area contributed by atoms with E-state index in [9.17, 15) is 9.59 Å². The van der Waals surface area contributed by atoms with Crippen molar-refractivity contribution in [3.8, 4) is 11.5 Å². The number of fused-ring (bicyclic) bond motifs is 1. The van der Waals surface area contributed by atoms with E-state index in [0.29, 0.717) is 24.5 Å². The first-order valence-electron chi connectivity index (χ1n) is 12.0. The molecule has 1 aromatic heterocycles. The molecule has 2 aromatic carbocycles. The van der Waals surface area contributed by atoms with Gasteiger partial charge >= 0.3 is 0 Å². The molecule has 0 bridgehead atoms. The molecule has 2 heterocycles. The molecule has 1 saturated carbocycles. The van der Waals surface area contributed by atoms with Crippen molar-refractivity contribution >= 4 is 23.2 Å². The van der Waals surface area contributed by atoms with Crippen molar-refractivity contribution < 1.29 is 19.1 Å². The predicted molar refractivity (Wildman–Crippen MR) is 136 cm³/mol. The zero-order chi connectivity index (χ0) is 24.4. The monoisotopic (exact) mass is 490 g/mol. The van der Waals surface area contributed by atoms with E-state index in [4.69, 9.17) is 9.47 Å². The maximum Gasteiger partial charge on any atom is 0.254 e. The van der Waals surface area contributed by atoms with Gasteiger partial charge in [0.1, 0.15) is 24.7 Å². The minimum Gasteiger partial charge on any atom is -0.497 e. The summed E-state index contributed by atoms with van der Waals surface area (Å²) in [5.74, 6) is 1.26. The molecule has 0 saturated heterocycles. The van der Waals surface area contributed by atoms with Crippen molar-refractivity contribution in [1.82, 2.24) is 9.80 Å². The third-order valence-electron chi connectivity index (χ3n) is 6.71. The first kappa shape index (κ1) is 23.4. The molecule has 6 nitrogen and oxygen atoms in total. The quantitative estimate of drug-likeness (QED) is 0.452. The lowest BCUT2D eigenvalue weighted by Crippen LogP contribution is -2.48. The van der Waals surface area contributed by atoms with Crippen molar-refractivity contribution in [3.05, 3.63) is 81.5 Å².